The second-order valence-electron chi connectivity index (χ2n) is 8.37. The van der Waals surface area contributed by atoms with Crippen LogP contribution in [-0.2, 0) is 0 Å². The fourth-order valence-corrected chi connectivity index (χ4v) is 4.39. The van der Waals surface area contributed by atoms with Gasteiger partial charge in [0.2, 0.25) is 0 Å². The Hall–Kier alpha value is -2.04. The number of nitrogens with one attached hydrogen (secondary N) is 1. The summed E-state index contributed by atoms with van der Waals surface area (Å²) in [4.78, 5) is 10.6. The number of ether oxygens (including phenoxy) is 1. The summed E-state index contributed by atoms with van der Waals surface area (Å²) in [5, 5.41) is 0.659. The van der Waals surface area contributed by atoms with Gasteiger partial charge in [0.25, 0.3) is 0 Å². The summed E-state index contributed by atoms with van der Waals surface area (Å²) >= 11 is 6.57. The lowest BCUT2D eigenvalue weighted by molar-refractivity contribution is 0.200. The van der Waals surface area contributed by atoms with Gasteiger partial charge in [0.05, 0.1) is 22.7 Å². The topological polar surface area (TPSA) is 41.1 Å². The molecule has 1 aromatic heterocycles. The van der Waals surface area contributed by atoms with Gasteiger partial charge in [-0.15, -0.1) is 0 Å². The molecule has 154 valence electrons. The minimum absolute atomic E-state index is 0.659. The van der Waals surface area contributed by atoms with Gasteiger partial charge < -0.3 is 14.6 Å². The summed E-state index contributed by atoms with van der Waals surface area (Å²) < 4.78 is 5.96. The minimum Gasteiger partial charge on any atom is -0.494 e. The molecule has 0 spiro atoms. The quantitative estimate of drug-likeness (QED) is 0.505. The SMILES string of the molecule is Cc1ccc2[nH]c(-c3ccc(OCCCC4CCN(C)CC4)cc3Cl)nc2c1C. The number of aromatic amines is 1. The van der Waals surface area contributed by atoms with Crippen molar-refractivity contribution in [2.45, 2.75) is 39.5 Å². The Balaban J connectivity index is 1.37. The number of nitrogens with zero attached hydrogens (tertiary/aromatic N) is 2. The van der Waals surface area contributed by atoms with Crippen LogP contribution in [0.1, 0.15) is 36.8 Å². The Bertz CT molecular complexity index is 989. The lowest BCUT2D eigenvalue weighted by Gasteiger charge is -2.28. The summed E-state index contributed by atoms with van der Waals surface area (Å²) in [5.74, 6) is 2.47. The number of halogens is 1. The van der Waals surface area contributed by atoms with Gasteiger partial charge in [-0.3, -0.25) is 0 Å². The highest BCUT2D eigenvalue weighted by atomic mass is 35.5. The minimum atomic E-state index is 0.659. The van der Waals surface area contributed by atoms with E-state index < -0.39 is 0 Å². The predicted molar refractivity (Wildman–Crippen MR) is 121 cm³/mol. The van der Waals surface area contributed by atoms with Crippen LogP contribution in [0, 0.1) is 19.8 Å². The Kier molecular flexibility index (Phi) is 6.12. The molecule has 5 heteroatoms. The number of likely N-dealkylation sites (tertiary alicyclic amines) is 1. The molecule has 3 aromatic rings. The average molecular weight is 412 g/mol. The first-order chi connectivity index (χ1) is 14.0. The normalized spacial score (nSPS) is 15.9. The molecule has 0 bridgehead atoms. The second-order valence-corrected chi connectivity index (χ2v) is 8.78. The van der Waals surface area contributed by atoms with E-state index in [4.69, 9.17) is 21.3 Å². The molecule has 0 aliphatic carbocycles. The summed E-state index contributed by atoms with van der Waals surface area (Å²) in [6.45, 7) is 7.40. The van der Waals surface area contributed by atoms with E-state index >= 15 is 0 Å². The van der Waals surface area contributed by atoms with Crippen LogP contribution in [0.3, 0.4) is 0 Å². The number of piperidine rings is 1. The Labute approximate surface area is 178 Å². The number of benzene rings is 2. The number of fused-ring (bicyclic) bond motifs is 1. The van der Waals surface area contributed by atoms with E-state index in [1.807, 2.05) is 18.2 Å². The van der Waals surface area contributed by atoms with Crippen LogP contribution in [0.5, 0.6) is 5.75 Å². The fourth-order valence-electron chi connectivity index (χ4n) is 4.13. The van der Waals surface area contributed by atoms with Gasteiger partial charge in [-0.25, -0.2) is 4.98 Å². The second kappa shape index (κ2) is 8.76. The van der Waals surface area contributed by atoms with Gasteiger partial charge in [0.1, 0.15) is 11.6 Å². The highest BCUT2D eigenvalue weighted by molar-refractivity contribution is 6.33. The molecule has 1 fully saturated rings. The smallest absolute Gasteiger partial charge is 0.140 e. The molecule has 1 aliphatic heterocycles. The number of imidazole rings is 1. The summed E-state index contributed by atoms with van der Waals surface area (Å²) in [5.41, 5.74) is 5.38. The molecule has 29 heavy (non-hydrogen) atoms. The van der Waals surface area contributed by atoms with Crippen molar-refractivity contribution >= 4 is 22.6 Å². The number of aromatic nitrogens is 2. The molecular formula is C24H30ClN3O. The molecule has 1 N–H and O–H groups in total. The highest BCUT2D eigenvalue weighted by Gasteiger charge is 2.16. The van der Waals surface area contributed by atoms with Crippen LogP contribution >= 0.6 is 11.6 Å². The van der Waals surface area contributed by atoms with Crippen LogP contribution in [0.4, 0.5) is 0 Å². The molecule has 0 saturated carbocycles. The van der Waals surface area contributed by atoms with Crippen LogP contribution in [0.25, 0.3) is 22.4 Å². The molecule has 0 radical (unpaired) electrons. The average Bonchev–Trinajstić information content (AvgIpc) is 3.14. The summed E-state index contributed by atoms with van der Waals surface area (Å²) in [6, 6.07) is 10.1. The number of rotatable bonds is 6. The first-order valence-corrected chi connectivity index (χ1v) is 11.0. The molecule has 1 saturated heterocycles. The van der Waals surface area contributed by atoms with Crippen molar-refractivity contribution in [2.24, 2.45) is 5.92 Å². The highest BCUT2D eigenvalue weighted by Crippen LogP contribution is 2.32. The van der Waals surface area contributed by atoms with Crippen molar-refractivity contribution in [1.82, 2.24) is 14.9 Å². The zero-order valence-corrected chi connectivity index (χ0v) is 18.4. The van der Waals surface area contributed by atoms with Crippen molar-refractivity contribution in [3.63, 3.8) is 0 Å². The first-order valence-electron chi connectivity index (χ1n) is 10.6. The number of H-pyrrole nitrogens is 1. The molecule has 4 rings (SSSR count). The van der Waals surface area contributed by atoms with Gasteiger partial charge in [0.15, 0.2) is 0 Å². The molecule has 0 amide bonds. The molecule has 1 aliphatic rings. The van der Waals surface area contributed by atoms with Crippen LogP contribution < -0.4 is 4.74 Å². The lowest BCUT2D eigenvalue weighted by Crippen LogP contribution is -2.30. The van der Waals surface area contributed by atoms with Gasteiger partial charge in [0, 0.05) is 5.56 Å². The molecule has 2 heterocycles. The third-order valence-electron chi connectivity index (χ3n) is 6.24. The maximum Gasteiger partial charge on any atom is 0.140 e. The standard InChI is InChI=1S/C24H30ClN3O/c1-16-6-9-22-23(17(16)2)27-24(26-22)20-8-7-19(15-21(20)25)29-14-4-5-18-10-12-28(3)13-11-18/h6-9,15,18H,4-5,10-14H2,1-3H3,(H,26,27). The Morgan fingerprint density at radius 3 is 2.72 bits per heavy atom. The lowest BCUT2D eigenvalue weighted by atomic mass is 9.93. The number of hydrogen-bond acceptors (Lipinski definition) is 3. The van der Waals surface area contributed by atoms with E-state index in [0.717, 1.165) is 47.1 Å². The van der Waals surface area contributed by atoms with Gasteiger partial charge in [-0.2, -0.15) is 0 Å². The molecule has 0 atom stereocenters. The summed E-state index contributed by atoms with van der Waals surface area (Å²) in [7, 11) is 2.21. The predicted octanol–water partition coefficient (Wildman–Crippen LogP) is 6.00. The number of hydrogen-bond donors (Lipinski definition) is 1. The van der Waals surface area contributed by atoms with Gasteiger partial charge >= 0.3 is 0 Å². The van der Waals surface area contributed by atoms with Crippen LogP contribution in [-0.4, -0.2) is 41.6 Å². The van der Waals surface area contributed by atoms with Crippen LogP contribution in [0.2, 0.25) is 5.02 Å². The van der Waals surface area contributed by atoms with Crippen molar-refractivity contribution < 1.29 is 4.74 Å². The molecule has 4 nitrogen and oxygen atoms in total. The summed E-state index contributed by atoms with van der Waals surface area (Å²) in [6.07, 6.45) is 4.97. The Morgan fingerprint density at radius 2 is 1.97 bits per heavy atom. The van der Waals surface area contributed by atoms with Crippen LogP contribution in [0.15, 0.2) is 30.3 Å². The molecular weight excluding hydrogens is 382 g/mol. The first kappa shape index (κ1) is 20.2. The van der Waals surface area contributed by atoms with E-state index in [9.17, 15) is 0 Å². The largest absolute Gasteiger partial charge is 0.494 e. The zero-order valence-electron chi connectivity index (χ0n) is 17.6. The Morgan fingerprint density at radius 1 is 1.17 bits per heavy atom. The van der Waals surface area contributed by atoms with Crippen molar-refractivity contribution in [3.05, 3.63) is 46.5 Å². The maximum atomic E-state index is 6.57. The molecule has 0 unspecified atom stereocenters. The van der Waals surface area contributed by atoms with E-state index in [-0.39, 0.29) is 0 Å². The van der Waals surface area contributed by atoms with E-state index in [1.165, 1.54) is 43.5 Å². The zero-order chi connectivity index (χ0) is 20.4. The van der Waals surface area contributed by atoms with E-state index in [1.54, 1.807) is 0 Å². The third-order valence-corrected chi connectivity index (χ3v) is 6.55. The fraction of sp³-hybridized carbons (Fsp3) is 0.458. The number of aryl methyl sites for hydroxylation is 2. The van der Waals surface area contributed by atoms with Crippen molar-refractivity contribution in [1.29, 1.82) is 0 Å². The molecule has 2 aromatic carbocycles. The van der Waals surface area contributed by atoms with Crippen molar-refractivity contribution in [2.75, 3.05) is 26.7 Å². The van der Waals surface area contributed by atoms with Crippen molar-refractivity contribution in [3.8, 4) is 17.1 Å². The monoisotopic (exact) mass is 411 g/mol. The third kappa shape index (κ3) is 4.59. The maximum absolute atomic E-state index is 6.57. The van der Waals surface area contributed by atoms with E-state index in [0.29, 0.717) is 5.02 Å². The van der Waals surface area contributed by atoms with E-state index in [2.05, 4.69) is 42.9 Å². The van der Waals surface area contributed by atoms with Gasteiger partial charge in [-0.05, 0) is 101 Å². The van der Waals surface area contributed by atoms with Gasteiger partial charge in [-0.1, -0.05) is 17.7 Å².